The molecule has 0 fully saturated rings. The molecule has 6 rings (SSSR count). The zero-order valence-corrected chi connectivity index (χ0v) is 23.2. The van der Waals surface area contributed by atoms with Crippen molar-refractivity contribution < 1.29 is 14.6 Å². The topological polar surface area (TPSA) is 107 Å². The highest BCUT2D eigenvalue weighted by molar-refractivity contribution is 6.07. The first-order chi connectivity index (χ1) is 19.4. The second-order valence-corrected chi connectivity index (χ2v) is 10.6. The van der Waals surface area contributed by atoms with Gasteiger partial charge in [-0.3, -0.25) is 14.3 Å². The molecule has 3 aromatic heterocycles. The van der Waals surface area contributed by atoms with E-state index in [0.29, 0.717) is 47.6 Å². The molecule has 0 radical (unpaired) electrons. The second kappa shape index (κ2) is 10.5. The lowest BCUT2D eigenvalue weighted by Crippen LogP contribution is -2.41. The normalized spacial score (nSPS) is 14.9. The molecule has 10 heteroatoms. The van der Waals surface area contributed by atoms with Gasteiger partial charge in [0.15, 0.2) is 0 Å². The summed E-state index contributed by atoms with van der Waals surface area (Å²) in [6.45, 7) is 1.41. The molecule has 4 heterocycles. The van der Waals surface area contributed by atoms with Crippen LogP contribution in [-0.2, 0) is 57.9 Å². The minimum atomic E-state index is -0.271. The Hall–Kier alpha value is -4.02. The standard InChI is InChI=1S/C30H34N6O4/c1-33-22(18-40-3)16-21(31-33)13-20-14-25(32-34(2)29(20)38)23-8-6-10-27(24(23)17-37)36-12-11-35-26-9-5-4-7-19(26)15-28(35)30(36)39/h6,8,10,14-16,37H,4-5,7,9,11-13,17-18H2,1-3H3. The Labute approximate surface area is 232 Å². The van der Waals surface area contributed by atoms with Crippen molar-refractivity contribution in [2.75, 3.05) is 18.6 Å². The Morgan fingerprint density at radius 2 is 1.82 bits per heavy atom. The molecule has 0 saturated carbocycles. The van der Waals surface area contributed by atoms with E-state index in [-0.39, 0.29) is 18.1 Å². The molecule has 1 amide bonds. The summed E-state index contributed by atoms with van der Waals surface area (Å²) >= 11 is 0. The number of aromatic nitrogens is 5. The number of benzene rings is 1. The number of amides is 1. The van der Waals surface area contributed by atoms with Crippen LogP contribution in [0, 0.1) is 0 Å². The summed E-state index contributed by atoms with van der Waals surface area (Å²) in [5.41, 5.74) is 7.83. The summed E-state index contributed by atoms with van der Waals surface area (Å²) in [6, 6.07) is 11.4. The van der Waals surface area contributed by atoms with E-state index in [1.807, 2.05) is 31.3 Å². The quantitative estimate of drug-likeness (QED) is 0.385. The number of anilines is 1. The lowest BCUT2D eigenvalue weighted by atomic mass is 9.98. The molecular weight excluding hydrogens is 508 g/mol. The highest BCUT2D eigenvalue weighted by Crippen LogP contribution is 2.35. The number of carbonyl (C=O) groups is 1. The molecule has 1 N–H and O–H groups in total. The Morgan fingerprint density at radius 3 is 2.62 bits per heavy atom. The lowest BCUT2D eigenvalue weighted by Gasteiger charge is -2.31. The predicted molar refractivity (Wildman–Crippen MR) is 150 cm³/mol. The Kier molecular flexibility index (Phi) is 6.89. The third-order valence-electron chi connectivity index (χ3n) is 8.12. The van der Waals surface area contributed by atoms with Crippen molar-refractivity contribution in [2.24, 2.45) is 14.1 Å². The maximum absolute atomic E-state index is 13.7. The molecule has 0 unspecified atom stereocenters. The van der Waals surface area contributed by atoms with Crippen molar-refractivity contribution in [3.63, 3.8) is 0 Å². The first kappa shape index (κ1) is 26.2. The third kappa shape index (κ3) is 4.47. The molecular formula is C30H34N6O4. The van der Waals surface area contributed by atoms with E-state index in [4.69, 9.17) is 4.74 Å². The minimum Gasteiger partial charge on any atom is -0.392 e. The summed E-state index contributed by atoms with van der Waals surface area (Å²) in [5, 5.41) is 19.6. The van der Waals surface area contributed by atoms with Crippen LogP contribution in [0.2, 0.25) is 0 Å². The maximum Gasteiger partial charge on any atom is 0.274 e. The third-order valence-corrected chi connectivity index (χ3v) is 8.12. The van der Waals surface area contributed by atoms with Crippen molar-refractivity contribution in [1.82, 2.24) is 24.1 Å². The number of rotatable bonds is 7. The van der Waals surface area contributed by atoms with Gasteiger partial charge in [-0.05, 0) is 55.5 Å². The van der Waals surface area contributed by atoms with E-state index in [1.165, 1.54) is 15.9 Å². The van der Waals surface area contributed by atoms with Crippen molar-refractivity contribution >= 4 is 11.6 Å². The van der Waals surface area contributed by atoms with E-state index in [1.54, 1.807) is 29.8 Å². The van der Waals surface area contributed by atoms with E-state index in [0.717, 1.165) is 49.3 Å². The molecule has 40 heavy (non-hydrogen) atoms. The zero-order valence-electron chi connectivity index (χ0n) is 23.2. The monoisotopic (exact) mass is 542 g/mol. The highest BCUT2D eigenvalue weighted by atomic mass is 16.5. The van der Waals surface area contributed by atoms with Crippen molar-refractivity contribution in [1.29, 1.82) is 0 Å². The smallest absolute Gasteiger partial charge is 0.274 e. The van der Waals surface area contributed by atoms with Gasteiger partial charge >= 0.3 is 0 Å². The molecule has 0 saturated heterocycles. The average Bonchev–Trinajstić information content (AvgIpc) is 3.51. The van der Waals surface area contributed by atoms with Gasteiger partial charge in [0.05, 0.1) is 36.0 Å². The molecule has 10 nitrogen and oxygen atoms in total. The van der Waals surface area contributed by atoms with E-state index in [9.17, 15) is 14.7 Å². The van der Waals surface area contributed by atoms with Gasteiger partial charge in [0, 0.05) is 63.1 Å². The predicted octanol–water partition coefficient (Wildman–Crippen LogP) is 2.75. The number of aryl methyl sites for hydroxylation is 3. The summed E-state index contributed by atoms with van der Waals surface area (Å²) in [4.78, 5) is 28.5. The SMILES string of the molecule is COCc1cc(Cc2cc(-c3cccc(N4CCn5c(cc6c5CCCC6)C4=O)c3CO)nn(C)c2=O)nn1C. The highest BCUT2D eigenvalue weighted by Gasteiger charge is 2.31. The van der Waals surface area contributed by atoms with E-state index in [2.05, 4.69) is 20.8 Å². The zero-order chi connectivity index (χ0) is 28.0. The largest absolute Gasteiger partial charge is 0.392 e. The van der Waals surface area contributed by atoms with Crippen LogP contribution in [0.15, 0.2) is 41.2 Å². The van der Waals surface area contributed by atoms with Gasteiger partial charge < -0.3 is 19.3 Å². The van der Waals surface area contributed by atoms with Crippen LogP contribution in [0.4, 0.5) is 5.69 Å². The molecule has 0 atom stereocenters. The summed E-state index contributed by atoms with van der Waals surface area (Å²) in [5.74, 6) is -0.0522. The van der Waals surface area contributed by atoms with Crippen LogP contribution in [0.25, 0.3) is 11.3 Å². The van der Waals surface area contributed by atoms with Gasteiger partial charge in [-0.2, -0.15) is 10.2 Å². The molecule has 208 valence electrons. The number of hydrogen-bond acceptors (Lipinski definition) is 6. The molecule has 2 aliphatic rings. The molecule has 0 spiro atoms. The Morgan fingerprint density at radius 1 is 1.00 bits per heavy atom. The maximum atomic E-state index is 13.7. The Balaban J connectivity index is 1.37. The van der Waals surface area contributed by atoms with Crippen LogP contribution < -0.4 is 10.5 Å². The fourth-order valence-electron chi connectivity index (χ4n) is 6.17. The summed E-state index contributed by atoms with van der Waals surface area (Å²) < 4.78 is 10.5. The van der Waals surface area contributed by atoms with Crippen LogP contribution >= 0.6 is 0 Å². The lowest BCUT2D eigenvalue weighted by molar-refractivity contribution is 0.0964. The Bertz CT molecular complexity index is 1660. The number of carbonyl (C=O) groups excluding carboxylic acids is 1. The van der Waals surface area contributed by atoms with Gasteiger partial charge in [0.1, 0.15) is 5.69 Å². The molecule has 0 bridgehead atoms. The fraction of sp³-hybridized carbons (Fsp3) is 0.400. The first-order valence-electron chi connectivity index (χ1n) is 13.7. The summed E-state index contributed by atoms with van der Waals surface area (Å²) in [7, 11) is 5.10. The molecule has 1 aliphatic carbocycles. The van der Waals surface area contributed by atoms with Gasteiger partial charge in [-0.15, -0.1) is 0 Å². The average molecular weight is 543 g/mol. The minimum absolute atomic E-state index is 0.0522. The fourth-order valence-corrected chi connectivity index (χ4v) is 6.17. The molecule has 4 aromatic rings. The van der Waals surface area contributed by atoms with Gasteiger partial charge in [0.25, 0.3) is 11.5 Å². The van der Waals surface area contributed by atoms with E-state index < -0.39 is 0 Å². The van der Waals surface area contributed by atoms with Crippen LogP contribution in [-0.4, -0.2) is 48.8 Å². The number of hydrogen-bond donors (Lipinski definition) is 1. The van der Waals surface area contributed by atoms with Gasteiger partial charge in [-0.25, -0.2) is 4.68 Å². The second-order valence-electron chi connectivity index (χ2n) is 10.6. The number of fused-ring (bicyclic) bond motifs is 3. The first-order valence-corrected chi connectivity index (χ1v) is 13.7. The number of aliphatic hydroxyl groups excluding tert-OH is 1. The number of nitrogens with zero attached hydrogens (tertiary/aromatic N) is 6. The number of methoxy groups -OCH3 is 1. The molecule has 1 aromatic carbocycles. The van der Waals surface area contributed by atoms with Crippen molar-refractivity contribution in [3.05, 3.63) is 86.2 Å². The molecule has 1 aliphatic heterocycles. The summed E-state index contributed by atoms with van der Waals surface area (Å²) in [6.07, 6.45) is 4.70. The van der Waals surface area contributed by atoms with Crippen molar-refractivity contribution in [2.45, 2.75) is 51.9 Å². The number of ether oxygens (including phenoxy) is 1. The number of aliphatic hydroxyl groups is 1. The van der Waals surface area contributed by atoms with Crippen LogP contribution in [0.1, 0.15) is 57.1 Å². The van der Waals surface area contributed by atoms with Crippen LogP contribution in [0.5, 0.6) is 0 Å². The van der Waals surface area contributed by atoms with Crippen LogP contribution in [0.3, 0.4) is 0 Å². The van der Waals surface area contributed by atoms with Crippen molar-refractivity contribution in [3.8, 4) is 11.3 Å². The van der Waals surface area contributed by atoms with E-state index >= 15 is 0 Å². The van der Waals surface area contributed by atoms with Gasteiger partial charge in [0.2, 0.25) is 0 Å². The van der Waals surface area contributed by atoms with Gasteiger partial charge in [-0.1, -0.05) is 12.1 Å².